The number of aromatic nitrogens is 2. The van der Waals surface area contributed by atoms with E-state index in [-0.39, 0.29) is 23.6 Å². The summed E-state index contributed by atoms with van der Waals surface area (Å²) in [4.78, 5) is 25.8. The molecule has 172 valence electrons. The number of aliphatic carboxylic acids is 1. The highest BCUT2D eigenvalue weighted by Gasteiger charge is 2.39. The minimum Gasteiger partial charge on any atom is -0.480 e. The highest BCUT2D eigenvalue weighted by molar-refractivity contribution is 7.16. The Morgan fingerprint density at radius 2 is 2.00 bits per heavy atom. The second-order valence-corrected chi connectivity index (χ2v) is 9.24. The van der Waals surface area contributed by atoms with Crippen molar-refractivity contribution in [2.75, 3.05) is 6.54 Å². The fourth-order valence-electron chi connectivity index (χ4n) is 4.04. The molecule has 1 atom stereocenters. The van der Waals surface area contributed by atoms with E-state index in [1.54, 1.807) is 29.2 Å². The highest BCUT2D eigenvalue weighted by Crippen LogP contribution is 2.44. The number of thiophene rings is 1. The number of halogens is 4. The lowest BCUT2D eigenvalue weighted by atomic mass is 9.84. The maximum absolute atomic E-state index is 13.8. The van der Waals surface area contributed by atoms with Gasteiger partial charge in [-0.15, -0.1) is 11.3 Å². The lowest BCUT2D eigenvalue weighted by molar-refractivity contribution is -0.142. The van der Waals surface area contributed by atoms with Gasteiger partial charge >= 0.3 is 12.1 Å². The molecular weight excluding hydrogens is 479 g/mol. The van der Waals surface area contributed by atoms with Crippen LogP contribution in [0.4, 0.5) is 13.2 Å². The Balaban J connectivity index is 1.88. The molecule has 1 amide bonds. The zero-order valence-corrected chi connectivity index (χ0v) is 18.5. The van der Waals surface area contributed by atoms with Gasteiger partial charge in [0.15, 0.2) is 5.69 Å². The number of carboxylic acids is 1. The quantitative estimate of drug-likeness (QED) is 0.504. The van der Waals surface area contributed by atoms with Gasteiger partial charge < -0.3 is 10.0 Å². The predicted molar refractivity (Wildman–Crippen MR) is 117 cm³/mol. The lowest BCUT2D eigenvalue weighted by Crippen LogP contribution is -2.37. The smallest absolute Gasteiger partial charge is 0.435 e. The predicted octanol–water partition coefficient (Wildman–Crippen LogP) is 5.03. The summed E-state index contributed by atoms with van der Waals surface area (Å²) in [5.74, 6) is -2.05. The van der Waals surface area contributed by atoms with Crippen molar-refractivity contribution in [3.63, 3.8) is 0 Å². The second kappa shape index (κ2) is 8.68. The van der Waals surface area contributed by atoms with Crippen LogP contribution in [0.25, 0.3) is 11.1 Å². The number of benzene rings is 1. The summed E-state index contributed by atoms with van der Waals surface area (Å²) in [5, 5.41) is 12.5. The van der Waals surface area contributed by atoms with E-state index < -0.39 is 30.3 Å². The molecule has 4 rings (SSSR count). The summed E-state index contributed by atoms with van der Waals surface area (Å²) < 4.78 is 42.7. The van der Waals surface area contributed by atoms with Crippen LogP contribution in [0.2, 0.25) is 4.34 Å². The van der Waals surface area contributed by atoms with Gasteiger partial charge in [-0.05, 0) is 28.8 Å². The van der Waals surface area contributed by atoms with E-state index in [4.69, 9.17) is 16.7 Å². The molecule has 11 heteroatoms. The van der Waals surface area contributed by atoms with Gasteiger partial charge in [0, 0.05) is 29.1 Å². The molecule has 0 fully saturated rings. The van der Waals surface area contributed by atoms with Crippen molar-refractivity contribution < 1.29 is 27.9 Å². The Labute approximate surface area is 195 Å². The molecule has 0 spiro atoms. The number of hydrogen-bond donors (Lipinski definition) is 1. The van der Waals surface area contributed by atoms with Crippen LogP contribution < -0.4 is 0 Å². The summed E-state index contributed by atoms with van der Waals surface area (Å²) in [6.45, 7) is 3.38. The van der Waals surface area contributed by atoms with Crippen LogP contribution >= 0.6 is 22.9 Å². The number of amides is 1. The van der Waals surface area contributed by atoms with Crippen LogP contribution in [0, 0.1) is 0 Å². The summed E-state index contributed by atoms with van der Waals surface area (Å²) in [6.07, 6.45) is -2.51. The van der Waals surface area contributed by atoms with Gasteiger partial charge in [0.1, 0.15) is 6.54 Å². The van der Waals surface area contributed by atoms with E-state index >= 15 is 0 Å². The average molecular weight is 496 g/mol. The maximum atomic E-state index is 13.8. The monoisotopic (exact) mass is 495 g/mol. The first-order valence-corrected chi connectivity index (χ1v) is 10.9. The third-order valence-corrected chi connectivity index (χ3v) is 6.63. The topological polar surface area (TPSA) is 75.4 Å². The first kappa shape index (κ1) is 23.1. The number of nitrogens with zero attached hydrogens (tertiary/aromatic N) is 3. The Kier molecular flexibility index (Phi) is 6.06. The fourth-order valence-corrected chi connectivity index (χ4v) is 5.40. The van der Waals surface area contributed by atoms with Gasteiger partial charge in [-0.2, -0.15) is 18.3 Å². The van der Waals surface area contributed by atoms with Crippen molar-refractivity contribution in [1.29, 1.82) is 0 Å². The maximum Gasteiger partial charge on any atom is 0.435 e. The minimum atomic E-state index is -4.79. The molecule has 0 saturated carbocycles. The molecule has 1 aliphatic heterocycles. The number of alkyl halides is 3. The number of fused-ring (bicyclic) bond motifs is 1. The number of rotatable bonds is 5. The third-order valence-electron chi connectivity index (χ3n) is 5.36. The van der Waals surface area contributed by atoms with E-state index in [1.807, 2.05) is 0 Å². The summed E-state index contributed by atoms with van der Waals surface area (Å²) in [5.41, 5.74) is 0.254. The van der Waals surface area contributed by atoms with Gasteiger partial charge in [0.05, 0.1) is 10.9 Å². The van der Waals surface area contributed by atoms with Gasteiger partial charge in [0.25, 0.3) is 0 Å². The molecule has 3 aromatic rings. The van der Waals surface area contributed by atoms with Crippen molar-refractivity contribution in [1.82, 2.24) is 14.7 Å². The fraction of sp³-hybridized carbons (Fsp3) is 0.227. The van der Waals surface area contributed by atoms with Crippen molar-refractivity contribution in [2.24, 2.45) is 0 Å². The van der Waals surface area contributed by atoms with Gasteiger partial charge in [0.2, 0.25) is 5.91 Å². The molecule has 0 saturated heterocycles. The molecule has 1 N–H and O–H groups in total. The third kappa shape index (κ3) is 4.53. The van der Waals surface area contributed by atoms with Crippen LogP contribution in [0.3, 0.4) is 0 Å². The summed E-state index contributed by atoms with van der Waals surface area (Å²) >= 11 is 7.55. The van der Waals surface area contributed by atoms with Crippen molar-refractivity contribution in [3.8, 4) is 11.1 Å². The van der Waals surface area contributed by atoms with Crippen LogP contribution in [0.5, 0.6) is 0 Å². The van der Waals surface area contributed by atoms with E-state index in [0.717, 1.165) is 21.3 Å². The van der Waals surface area contributed by atoms with Crippen LogP contribution in [-0.2, 0) is 28.9 Å². The van der Waals surface area contributed by atoms with Gasteiger partial charge in [-0.1, -0.05) is 42.4 Å². The number of carboxylic acid groups (broad SMARTS) is 1. The number of carbonyl (C=O) groups is 2. The molecule has 1 aliphatic rings. The second-order valence-electron chi connectivity index (χ2n) is 7.47. The van der Waals surface area contributed by atoms with Crippen molar-refractivity contribution in [3.05, 3.63) is 75.2 Å². The largest absolute Gasteiger partial charge is 0.480 e. The first-order chi connectivity index (χ1) is 15.6. The van der Waals surface area contributed by atoms with Gasteiger partial charge in [-0.25, -0.2) is 0 Å². The standard InChI is InChI=1S/C22H17ClF3N3O3S/c1-2-19(30)28-8-15(14-7-18(23)33-17(14)10-28)12-5-3-4-6-13(12)16-9-29(11-20(31)32)27-21(16)22(24,25)26/h2-7,9,15H,1,8,10-11H2,(H,31,32)/t15-/m0/s1. The Morgan fingerprint density at radius 1 is 1.27 bits per heavy atom. The van der Waals surface area contributed by atoms with Crippen molar-refractivity contribution >= 4 is 34.8 Å². The molecule has 3 heterocycles. The minimum absolute atomic E-state index is 0.227. The number of hydrogen-bond acceptors (Lipinski definition) is 4. The molecule has 0 bridgehead atoms. The van der Waals surface area contributed by atoms with Crippen LogP contribution in [0.1, 0.15) is 27.6 Å². The van der Waals surface area contributed by atoms with E-state index in [2.05, 4.69) is 11.7 Å². The molecule has 1 aromatic carbocycles. The Morgan fingerprint density at radius 3 is 2.67 bits per heavy atom. The highest BCUT2D eigenvalue weighted by atomic mass is 35.5. The average Bonchev–Trinajstić information content (AvgIpc) is 3.34. The summed E-state index contributed by atoms with van der Waals surface area (Å²) in [7, 11) is 0. The van der Waals surface area contributed by atoms with Crippen LogP contribution in [-0.4, -0.2) is 38.2 Å². The molecule has 0 unspecified atom stereocenters. The molecule has 2 aromatic heterocycles. The molecule has 6 nitrogen and oxygen atoms in total. The lowest BCUT2D eigenvalue weighted by Gasteiger charge is -2.33. The first-order valence-electron chi connectivity index (χ1n) is 9.73. The van der Waals surface area contributed by atoms with E-state index in [1.165, 1.54) is 23.5 Å². The molecule has 0 aliphatic carbocycles. The zero-order valence-electron chi connectivity index (χ0n) is 17.0. The molecule has 33 heavy (non-hydrogen) atoms. The number of carbonyl (C=O) groups excluding carboxylic acids is 1. The van der Waals surface area contributed by atoms with E-state index in [9.17, 15) is 22.8 Å². The molecule has 0 radical (unpaired) electrons. The van der Waals surface area contributed by atoms with Crippen molar-refractivity contribution in [2.45, 2.75) is 25.2 Å². The SMILES string of the molecule is C=CC(=O)N1Cc2sc(Cl)cc2[C@H](c2ccccc2-c2cn(CC(=O)O)nc2C(F)(F)F)C1. The Hall–Kier alpha value is -3.11. The van der Waals surface area contributed by atoms with Gasteiger partial charge in [-0.3, -0.25) is 14.3 Å². The zero-order chi connectivity index (χ0) is 23.9. The Bertz CT molecular complexity index is 1250. The van der Waals surface area contributed by atoms with Crippen LogP contribution in [0.15, 0.2) is 49.2 Å². The normalized spacial score (nSPS) is 15.9. The van der Waals surface area contributed by atoms with E-state index in [0.29, 0.717) is 16.4 Å². The summed E-state index contributed by atoms with van der Waals surface area (Å²) in [6, 6.07) is 8.32. The molecular formula is C22H17ClF3N3O3S.